The summed E-state index contributed by atoms with van der Waals surface area (Å²) in [6, 6.07) is 9.34. The van der Waals surface area contributed by atoms with Gasteiger partial charge in [0.05, 0.1) is 10.6 Å². The number of sulfonamides is 1. The summed E-state index contributed by atoms with van der Waals surface area (Å²) in [5, 5.41) is 0.706. The van der Waals surface area contributed by atoms with Crippen LogP contribution in [0.4, 0.5) is 5.13 Å². The Morgan fingerprint density at radius 3 is 2.59 bits per heavy atom. The lowest BCUT2D eigenvalue weighted by atomic mass is 9.84. The number of benzene rings is 1. The second-order valence-electron chi connectivity index (χ2n) is 9.30. The molecular weight excluding hydrogens is 440 g/mol. The van der Waals surface area contributed by atoms with E-state index >= 15 is 0 Å². The Kier molecular flexibility index (Phi) is 7.87. The topological polar surface area (TPSA) is 88.3 Å². The van der Waals surface area contributed by atoms with Crippen molar-refractivity contribution in [3.63, 3.8) is 0 Å². The van der Waals surface area contributed by atoms with E-state index in [9.17, 15) is 8.42 Å². The molecular formula is C24H36N4O2S2. The lowest BCUT2D eigenvalue weighted by molar-refractivity contribution is 0.158. The zero-order valence-corrected chi connectivity index (χ0v) is 20.6. The fourth-order valence-electron chi connectivity index (χ4n) is 5.26. The Morgan fingerprint density at radius 2 is 1.88 bits per heavy atom. The van der Waals surface area contributed by atoms with Crippen LogP contribution in [0.15, 0.2) is 35.2 Å². The van der Waals surface area contributed by atoms with Gasteiger partial charge in [0.25, 0.3) is 0 Å². The molecule has 2 aromatic rings. The largest absolute Gasteiger partial charge is 0.375 e. The first-order valence-corrected chi connectivity index (χ1v) is 14.3. The smallest absolute Gasteiger partial charge is 0.240 e. The summed E-state index contributed by atoms with van der Waals surface area (Å²) in [7, 11) is -3.42. The molecule has 0 radical (unpaired) electrons. The van der Waals surface area contributed by atoms with Gasteiger partial charge in [-0.15, -0.1) is 11.3 Å². The second-order valence-corrected chi connectivity index (χ2v) is 12.1. The van der Waals surface area contributed by atoms with Gasteiger partial charge in [-0.2, -0.15) is 0 Å². The lowest BCUT2D eigenvalue weighted by Crippen LogP contribution is -2.41. The third-order valence-electron chi connectivity index (χ3n) is 7.00. The van der Waals surface area contributed by atoms with Crippen molar-refractivity contribution in [2.45, 2.75) is 81.7 Å². The molecule has 1 unspecified atom stereocenters. The van der Waals surface area contributed by atoms with Crippen LogP contribution in [0.1, 0.15) is 62.4 Å². The van der Waals surface area contributed by atoms with E-state index in [4.69, 9.17) is 5.73 Å². The number of nitrogens with two attached hydrogens (primary N) is 1. The quantitative estimate of drug-likeness (QED) is 0.566. The highest BCUT2D eigenvalue weighted by Crippen LogP contribution is 2.32. The molecule has 176 valence electrons. The predicted octanol–water partition coefficient (Wildman–Crippen LogP) is 4.22. The van der Waals surface area contributed by atoms with E-state index in [0.29, 0.717) is 22.0 Å². The second kappa shape index (κ2) is 10.6. The van der Waals surface area contributed by atoms with Gasteiger partial charge in [0.2, 0.25) is 10.0 Å². The van der Waals surface area contributed by atoms with Crippen LogP contribution in [0.25, 0.3) is 0 Å². The van der Waals surface area contributed by atoms with E-state index < -0.39 is 10.0 Å². The van der Waals surface area contributed by atoms with Gasteiger partial charge >= 0.3 is 0 Å². The van der Waals surface area contributed by atoms with Gasteiger partial charge in [0.15, 0.2) is 5.13 Å². The minimum atomic E-state index is -3.42. The van der Waals surface area contributed by atoms with E-state index in [2.05, 4.69) is 21.5 Å². The maximum Gasteiger partial charge on any atom is 0.240 e. The average Bonchev–Trinajstić information content (AvgIpc) is 3.17. The van der Waals surface area contributed by atoms with Gasteiger partial charge in [-0.1, -0.05) is 25.1 Å². The summed E-state index contributed by atoms with van der Waals surface area (Å²) in [4.78, 5) is 8.91. The number of anilines is 1. The molecule has 2 aliphatic carbocycles. The summed E-state index contributed by atoms with van der Waals surface area (Å²) >= 11 is 1.66. The van der Waals surface area contributed by atoms with Crippen molar-refractivity contribution in [1.82, 2.24) is 14.6 Å². The number of nitrogen functional groups attached to an aromatic ring is 1. The molecule has 1 saturated carbocycles. The summed E-state index contributed by atoms with van der Waals surface area (Å²) in [6.07, 6.45) is 9.72. The van der Waals surface area contributed by atoms with Gasteiger partial charge in [-0.25, -0.2) is 18.1 Å². The van der Waals surface area contributed by atoms with Gasteiger partial charge in [-0.3, -0.25) is 0 Å². The third-order valence-corrected chi connectivity index (χ3v) is 9.49. The fraction of sp³-hybridized carbons (Fsp3) is 0.625. The first-order chi connectivity index (χ1) is 15.4. The number of aryl methyl sites for hydroxylation is 1. The molecule has 1 fully saturated rings. The Labute approximate surface area is 196 Å². The number of nitrogens with one attached hydrogen (secondary N) is 1. The van der Waals surface area contributed by atoms with Crippen LogP contribution < -0.4 is 10.5 Å². The van der Waals surface area contributed by atoms with Crippen LogP contribution in [0.5, 0.6) is 0 Å². The van der Waals surface area contributed by atoms with Gasteiger partial charge in [0, 0.05) is 17.0 Å². The molecule has 0 amide bonds. The first kappa shape index (κ1) is 23.7. The maximum atomic E-state index is 12.6. The summed E-state index contributed by atoms with van der Waals surface area (Å²) < 4.78 is 28.1. The van der Waals surface area contributed by atoms with E-state index in [1.54, 1.807) is 35.6 Å². The third kappa shape index (κ3) is 5.90. The Balaban J connectivity index is 1.25. The van der Waals surface area contributed by atoms with Crippen LogP contribution in [-0.4, -0.2) is 43.5 Å². The van der Waals surface area contributed by atoms with E-state index in [1.807, 2.05) is 6.07 Å². The molecule has 1 aromatic heterocycles. The fourth-order valence-corrected chi connectivity index (χ4v) is 7.53. The Morgan fingerprint density at radius 1 is 1.12 bits per heavy atom. The number of hydrogen-bond acceptors (Lipinski definition) is 6. The van der Waals surface area contributed by atoms with Crippen molar-refractivity contribution >= 4 is 26.5 Å². The summed E-state index contributed by atoms with van der Waals surface area (Å²) in [5.74, 6) is 0.685. The number of thiazole rings is 1. The average molecular weight is 477 g/mol. The monoisotopic (exact) mass is 476 g/mol. The van der Waals surface area contributed by atoms with Gasteiger partial charge < -0.3 is 10.6 Å². The maximum absolute atomic E-state index is 12.6. The van der Waals surface area contributed by atoms with Crippen LogP contribution in [0, 0.1) is 5.92 Å². The highest BCUT2D eigenvalue weighted by Gasteiger charge is 2.29. The lowest BCUT2D eigenvalue weighted by Gasteiger charge is -2.36. The molecule has 1 aromatic carbocycles. The molecule has 0 bridgehead atoms. The highest BCUT2D eigenvalue weighted by atomic mass is 32.2. The van der Waals surface area contributed by atoms with Crippen molar-refractivity contribution in [2.24, 2.45) is 5.92 Å². The highest BCUT2D eigenvalue weighted by molar-refractivity contribution is 7.89. The zero-order valence-electron chi connectivity index (χ0n) is 19.0. The molecule has 8 heteroatoms. The standard InChI is InChI=1S/C24H36N4O2S2/c1-2-15-28(20-12-13-22-23(17-20)31-24(25)26-22)16-14-18-8-10-19(11-9-18)27-32(29,30)21-6-4-3-5-7-21/h3-7,18-20,27H,2,8-17H2,1H3,(H2,25,26). The SMILES string of the molecule is CCCN(CCC1CCC(NS(=O)(=O)c2ccccc2)CC1)C1CCc2nc(N)sc2C1. The van der Waals surface area contributed by atoms with E-state index in [0.717, 1.165) is 51.6 Å². The van der Waals surface area contributed by atoms with Gasteiger partial charge in [-0.05, 0) is 88.9 Å². The molecule has 6 nitrogen and oxygen atoms in total. The summed E-state index contributed by atoms with van der Waals surface area (Å²) in [5.41, 5.74) is 7.15. The van der Waals surface area contributed by atoms with E-state index in [1.165, 1.54) is 29.8 Å². The van der Waals surface area contributed by atoms with Crippen molar-refractivity contribution in [3.8, 4) is 0 Å². The predicted molar refractivity (Wildman–Crippen MR) is 131 cm³/mol. The summed E-state index contributed by atoms with van der Waals surface area (Å²) in [6.45, 7) is 4.53. The molecule has 0 aliphatic heterocycles. The molecule has 1 heterocycles. The van der Waals surface area contributed by atoms with Crippen LogP contribution >= 0.6 is 11.3 Å². The Bertz CT molecular complexity index is 969. The molecule has 32 heavy (non-hydrogen) atoms. The number of rotatable bonds is 9. The Hall–Kier alpha value is -1.48. The molecule has 0 saturated heterocycles. The number of aromatic nitrogens is 1. The molecule has 0 spiro atoms. The minimum absolute atomic E-state index is 0.0525. The van der Waals surface area contributed by atoms with Crippen molar-refractivity contribution in [1.29, 1.82) is 0 Å². The first-order valence-electron chi connectivity index (χ1n) is 12.0. The van der Waals surface area contributed by atoms with Crippen LogP contribution in [0.3, 0.4) is 0 Å². The van der Waals surface area contributed by atoms with Crippen LogP contribution in [0.2, 0.25) is 0 Å². The molecule has 3 N–H and O–H groups in total. The normalized spacial score (nSPS) is 23.9. The molecule has 1 atom stereocenters. The van der Waals surface area contributed by atoms with Crippen molar-refractivity contribution in [3.05, 3.63) is 40.9 Å². The molecule has 2 aliphatic rings. The van der Waals surface area contributed by atoms with Crippen molar-refractivity contribution in [2.75, 3.05) is 18.8 Å². The van der Waals surface area contributed by atoms with Gasteiger partial charge in [0.1, 0.15) is 0 Å². The minimum Gasteiger partial charge on any atom is -0.375 e. The number of fused-ring (bicyclic) bond motifs is 1. The number of nitrogens with zero attached hydrogens (tertiary/aromatic N) is 2. The zero-order chi connectivity index (χ0) is 22.6. The van der Waals surface area contributed by atoms with Crippen LogP contribution in [-0.2, 0) is 22.9 Å². The molecule has 4 rings (SSSR count). The van der Waals surface area contributed by atoms with Crippen molar-refractivity contribution < 1.29 is 8.42 Å². The van der Waals surface area contributed by atoms with E-state index in [-0.39, 0.29) is 6.04 Å². The number of hydrogen-bond donors (Lipinski definition) is 2.